The third-order valence-electron chi connectivity index (χ3n) is 2.30. The fourth-order valence-electron chi connectivity index (χ4n) is 1.58. The maximum Gasteiger partial charge on any atom is 0.307 e. The Morgan fingerprint density at radius 2 is 2.25 bits per heavy atom. The van der Waals surface area contributed by atoms with Gasteiger partial charge in [0.1, 0.15) is 11.8 Å². The van der Waals surface area contributed by atoms with Crippen molar-refractivity contribution >= 4 is 5.97 Å². The smallest absolute Gasteiger partial charge is 0.307 e. The highest BCUT2D eigenvalue weighted by atomic mass is 16.5. The molecule has 0 saturated heterocycles. The predicted octanol–water partition coefficient (Wildman–Crippen LogP) is 1.76. The highest BCUT2D eigenvalue weighted by Gasteiger charge is 2.13. The van der Waals surface area contributed by atoms with Gasteiger partial charge in [0.25, 0.3) is 0 Å². The maximum atomic E-state index is 10.7. The van der Waals surface area contributed by atoms with Gasteiger partial charge in [0.05, 0.1) is 19.1 Å². The molecule has 0 spiro atoms. The molecule has 0 amide bonds. The second kappa shape index (κ2) is 5.17. The van der Waals surface area contributed by atoms with Gasteiger partial charge in [-0.15, -0.1) is 0 Å². The lowest BCUT2D eigenvalue weighted by atomic mass is 10.0. The first kappa shape index (κ1) is 12.1. The Labute approximate surface area is 94.1 Å². The largest absolute Gasteiger partial charge is 0.495 e. The number of ether oxygens (including phenoxy) is 1. The molecule has 0 unspecified atom stereocenters. The summed E-state index contributed by atoms with van der Waals surface area (Å²) >= 11 is 0. The monoisotopic (exact) mass is 219 g/mol. The molecule has 0 fully saturated rings. The van der Waals surface area contributed by atoms with Crippen LogP contribution in [-0.4, -0.2) is 18.2 Å². The van der Waals surface area contributed by atoms with Crippen LogP contribution < -0.4 is 4.74 Å². The Kier molecular flexibility index (Phi) is 3.90. The average Bonchev–Trinajstić information content (AvgIpc) is 2.27. The molecule has 0 aliphatic heterocycles. The Balaban J connectivity index is 3.32. The Morgan fingerprint density at radius 3 is 2.69 bits per heavy atom. The van der Waals surface area contributed by atoms with E-state index in [1.165, 1.54) is 7.11 Å². The van der Waals surface area contributed by atoms with Crippen LogP contribution in [0.5, 0.6) is 5.75 Å². The van der Waals surface area contributed by atoms with Crippen LogP contribution in [0.1, 0.15) is 23.6 Å². The average molecular weight is 219 g/mol. The van der Waals surface area contributed by atoms with Crippen molar-refractivity contribution in [2.24, 2.45) is 0 Å². The van der Waals surface area contributed by atoms with E-state index < -0.39 is 5.97 Å². The SMILES string of the molecule is CCc1cc(C#N)c(OC)c(CC(=O)O)c1. The summed E-state index contributed by atoms with van der Waals surface area (Å²) in [7, 11) is 1.44. The number of benzene rings is 1. The molecule has 1 aromatic rings. The number of carboxylic acid groups (broad SMARTS) is 1. The first-order valence-corrected chi connectivity index (χ1v) is 4.94. The first-order valence-electron chi connectivity index (χ1n) is 4.94. The molecule has 1 rings (SSSR count). The van der Waals surface area contributed by atoms with Crippen LogP contribution in [0.25, 0.3) is 0 Å². The summed E-state index contributed by atoms with van der Waals surface area (Å²) in [5.41, 5.74) is 1.87. The van der Waals surface area contributed by atoms with Crippen LogP contribution in [0.2, 0.25) is 0 Å². The molecule has 4 nitrogen and oxygen atoms in total. The summed E-state index contributed by atoms with van der Waals surface area (Å²) in [5.74, 6) is -0.572. The summed E-state index contributed by atoms with van der Waals surface area (Å²) < 4.78 is 5.08. The van der Waals surface area contributed by atoms with E-state index in [1.807, 2.05) is 13.0 Å². The topological polar surface area (TPSA) is 70.3 Å². The van der Waals surface area contributed by atoms with E-state index in [0.29, 0.717) is 16.9 Å². The zero-order valence-electron chi connectivity index (χ0n) is 9.28. The molecule has 0 bridgehead atoms. The van der Waals surface area contributed by atoms with Gasteiger partial charge in [-0.3, -0.25) is 4.79 Å². The summed E-state index contributed by atoms with van der Waals surface area (Å²) in [5, 5.41) is 17.7. The molecule has 84 valence electrons. The van der Waals surface area contributed by atoms with Gasteiger partial charge >= 0.3 is 5.97 Å². The van der Waals surface area contributed by atoms with Crippen LogP contribution >= 0.6 is 0 Å². The Bertz CT molecular complexity index is 446. The van der Waals surface area contributed by atoms with Gasteiger partial charge in [0, 0.05) is 5.56 Å². The second-order valence-electron chi connectivity index (χ2n) is 3.37. The van der Waals surface area contributed by atoms with Crippen LogP contribution in [-0.2, 0) is 17.6 Å². The minimum atomic E-state index is -0.935. The molecule has 0 atom stereocenters. The lowest BCUT2D eigenvalue weighted by Crippen LogP contribution is -2.04. The van der Waals surface area contributed by atoms with Crippen LogP contribution in [0.4, 0.5) is 0 Å². The Morgan fingerprint density at radius 1 is 1.56 bits per heavy atom. The lowest BCUT2D eigenvalue weighted by molar-refractivity contribution is -0.136. The molecule has 1 N–H and O–H groups in total. The van der Waals surface area contributed by atoms with Crippen molar-refractivity contribution in [1.29, 1.82) is 5.26 Å². The molecule has 0 heterocycles. The zero-order chi connectivity index (χ0) is 12.1. The van der Waals surface area contributed by atoms with Crippen LogP contribution in [0.15, 0.2) is 12.1 Å². The molecule has 1 aromatic carbocycles. The molecule has 0 aliphatic rings. The van der Waals surface area contributed by atoms with Gasteiger partial charge in [0.15, 0.2) is 0 Å². The first-order chi connectivity index (χ1) is 7.62. The molecule has 0 aliphatic carbocycles. The van der Waals surface area contributed by atoms with Crippen molar-refractivity contribution < 1.29 is 14.6 Å². The van der Waals surface area contributed by atoms with Gasteiger partial charge in [-0.2, -0.15) is 5.26 Å². The van der Waals surface area contributed by atoms with Gasteiger partial charge in [0.2, 0.25) is 0 Å². The number of hydrogen-bond donors (Lipinski definition) is 1. The molecule has 0 saturated carbocycles. The number of rotatable bonds is 4. The Hall–Kier alpha value is -2.02. The number of nitrogens with zero attached hydrogens (tertiary/aromatic N) is 1. The van der Waals surface area contributed by atoms with E-state index in [-0.39, 0.29) is 6.42 Å². The van der Waals surface area contributed by atoms with Crippen LogP contribution in [0, 0.1) is 11.3 Å². The van der Waals surface area contributed by atoms with E-state index in [9.17, 15) is 4.79 Å². The van der Waals surface area contributed by atoms with E-state index >= 15 is 0 Å². The maximum absolute atomic E-state index is 10.7. The number of aryl methyl sites for hydroxylation is 1. The predicted molar refractivity (Wildman–Crippen MR) is 58.4 cm³/mol. The lowest BCUT2D eigenvalue weighted by Gasteiger charge is -2.10. The zero-order valence-corrected chi connectivity index (χ0v) is 9.28. The summed E-state index contributed by atoms with van der Waals surface area (Å²) in [6, 6.07) is 5.51. The van der Waals surface area contributed by atoms with Crippen LogP contribution in [0.3, 0.4) is 0 Å². The minimum absolute atomic E-state index is 0.133. The third kappa shape index (κ3) is 2.51. The van der Waals surface area contributed by atoms with Crippen molar-refractivity contribution in [2.75, 3.05) is 7.11 Å². The molecule has 4 heteroatoms. The minimum Gasteiger partial charge on any atom is -0.495 e. The number of aliphatic carboxylic acids is 1. The van der Waals surface area contributed by atoms with Gasteiger partial charge < -0.3 is 9.84 Å². The standard InChI is InChI=1S/C12H13NO3/c1-3-8-4-9(6-11(14)15)12(16-2)10(5-8)7-13/h4-5H,3,6H2,1-2H3,(H,14,15). The van der Waals surface area contributed by atoms with Crippen molar-refractivity contribution in [3.63, 3.8) is 0 Å². The molecular weight excluding hydrogens is 206 g/mol. The highest BCUT2D eigenvalue weighted by Crippen LogP contribution is 2.26. The number of carbonyl (C=O) groups is 1. The summed E-state index contributed by atoms with van der Waals surface area (Å²) in [6.45, 7) is 1.95. The highest BCUT2D eigenvalue weighted by molar-refractivity contribution is 5.72. The van der Waals surface area contributed by atoms with Gasteiger partial charge in [-0.25, -0.2) is 0 Å². The van der Waals surface area contributed by atoms with Crippen molar-refractivity contribution in [3.8, 4) is 11.8 Å². The van der Waals surface area contributed by atoms with E-state index in [0.717, 1.165) is 12.0 Å². The van der Waals surface area contributed by atoms with Crippen molar-refractivity contribution in [1.82, 2.24) is 0 Å². The van der Waals surface area contributed by atoms with Crippen molar-refractivity contribution in [3.05, 3.63) is 28.8 Å². The van der Waals surface area contributed by atoms with Gasteiger partial charge in [-0.1, -0.05) is 13.0 Å². The fraction of sp³-hybridized carbons (Fsp3) is 0.333. The number of nitriles is 1. The quantitative estimate of drug-likeness (QED) is 0.837. The van der Waals surface area contributed by atoms with Gasteiger partial charge in [-0.05, 0) is 18.1 Å². The second-order valence-corrected chi connectivity index (χ2v) is 3.37. The molecular formula is C12H13NO3. The molecule has 16 heavy (non-hydrogen) atoms. The van der Waals surface area contributed by atoms with E-state index in [2.05, 4.69) is 0 Å². The molecule has 0 radical (unpaired) electrons. The number of hydrogen-bond acceptors (Lipinski definition) is 3. The summed E-state index contributed by atoms with van der Waals surface area (Å²) in [4.78, 5) is 10.7. The third-order valence-corrected chi connectivity index (χ3v) is 2.30. The number of methoxy groups -OCH3 is 1. The van der Waals surface area contributed by atoms with E-state index in [1.54, 1.807) is 12.1 Å². The normalized spacial score (nSPS) is 9.56. The van der Waals surface area contributed by atoms with Crippen molar-refractivity contribution in [2.45, 2.75) is 19.8 Å². The fourth-order valence-corrected chi connectivity index (χ4v) is 1.58. The molecule has 0 aromatic heterocycles. The van der Waals surface area contributed by atoms with E-state index in [4.69, 9.17) is 15.1 Å². The summed E-state index contributed by atoms with van der Waals surface area (Å²) in [6.07, 6.45) is 0.622. The number of carboxylic acids is 1.